The molecular formula is C64H33N9. The zero-order valence-electron chi connectivity index (χ0n) is 38.6. The predicted molar refractivity (Wildman–Crippen MR) is 287 cm³/mol. The molecule has 0 fully saturated rings. The molecule has 0 aliphatic heterocycles. The molecule has 0 N–H and O–H groups in total. The molecule has 0 saturated carbocycles. The Balaban J connectivity index is 1.27. The molecule has 73 heavy (non-hydrogen) atoms. The standard InChI is InChI=1S/C64H33N9/c1-68-50-23-19-43(20-24-50)55-35-48(59-36-58(44-10-6-4-7-11-44)71-64(72-59)45-12-8-5-9-13-45)34-54(42-17-14-40(37-65)15-18-42)63(55)73-61-28-21-46(52-27-25-51(69-2)31-49(52)39-67)32-56(61)57-33-47(22-29-62(57)73)53-26-16-41(38-66)30-60(53)70-3/h4-36H. The summed E-state index contributed by atoms with van der Waals surface area (Å²) in [5.41, 5.74) is 15.2. The first-order chi connectivity index (χ1) is 35.9. The van der Waals surface area contributed by atoms with E-state index in [-0.39, 0.29) is 0 Å². The van der Waals surface area contributed by atoms with Crippen molar-refractivity contribution in [1.29, 1.82) is 15.8 Å². The number of benzene rings is 9. The van der Waals surface area contributed by atoms with E-state index in [1.165, 1.54) is 0 Å². The van der Waals surface area contributed by atoms with E-state index in [0.29, 0.717) is 56.4 Å². The van der Waals surface area contributed by atoms with Crippen molar-refractivity contribution in [1.82, 2.24) is 14.5 Å². The Hall–Kier alpha value is -11.2. The molecule has 0 aliphatic rings. The lowest BCUT2D eigenvalue weighted by Gasteiger charge is -2.21. The minimum absolute atomic E-state index is 0.348. The number of aromatic nitrogens is 3. The summed E-state index contributed by atoms with van der Waals surface area (Å²) >= 11 is 0. The van der Waals surface area contributed by atoms with Gasteiger partial charge in [-0.25, -0.2) is 24.5 Å². The van der Waals surface area contributed by atoms with Gasteiger partial charge in [-0.3, -0.25) is 0 Å². The summed E-state index contributed by atoms with van der Waals surface area (Å²) in [6, 6.07) is 70.4. The molecule has 2 heterocycles. The topological polar surface area (TPSA) is 115 Å². The molecule has 0 saturated heterocycles. The Morgan fingerprint density at radius 1 is 0.384 bits per heavy atom. The molecule has 9 aromatic carbocycles. The van der Waals surface area contributed by atoms with E-state index >= 15 is 0 Å². The highest BCUT2D eigenvalue weighted by atomic mass is 15.0. The zero-order valence-corrected chi connectivity index (χ0v) is 38.6. The second kappa shape index (κ2) is 18.7. The van der Waals surface area contributed by atoms with Crippen molar-refractivity contribution < 1.29 is 0 Å². The van der Waals surface area contributed by atoms with E-state index in [2.05, 4.69) is 61.6 Å². The molecule has 2 aromatic heterocycles. The van der Waals surface area contributed by atoms with Gasteiger partial charge >= 0.3 is 0 Å². The van der Waals surface area contributed by atoms with Gasteiger partial charge in [-0.1, -0.05) is 127 Å². The van der Waals surface area contributed by atoms with Crippen molar-refractivity contribution in [3.63, 3.8) is 0 Å². The molecule has 0 radical (unpaired) electrons. The van der Waals surface area contributed by atoms with Gasteiger partial charge in [0.25, 0.3) is 0 Å². The van der Waals surface area contributed by atoms with Gasteiger partial charge in [-0.15, -0.1) is 0 Å². The highest BCUT2D eigenvalue weighted by Crippen LogP contribution is 2.46. The van der Waals surface area contributed by atoms with Crippen LogP contribution in [-0.2, 0) is 0 Å². The number of rotatable bonds is 8. The first-order valence-corrected chi connectivity index (χ1v) is 23.0. The first-order valence-electron chi connectivity index (χ1n) is 23.0. The lowest BCUT2D eigenvalue weighted by Crippen LogP contribution is -2.03. The van der Waals surface area contributed by atoms with Crippen LogP contribution in [0.2, 0.25) is 0 Å². The summed E-state index contributed by atoms with van der Waals surface area (Å²) in [6.07, 6.45) is 0. The Bertz CT molecular complexity index is 4030. The van der Waals surface area contributed by atoms with Gasteiger partial charge in [0.1, 0.15) is 0 Å². The molecule has 0 amide bonds. The van der Waals surface area contributed by atoms with Gasteiger partial charge in [0.05, 0.1) is 71.6 Å². The maximum absolute atomic E-state index is 10.3. The number of hydrogen-bond acceptors (Lipinski definition) is 5. The largest absolute Gasteiger partial charge is 0.308 e. The van der Waals surface area contributed by atoms with Crippen molar-refractivity contribution >= 4 is 38.9 Å². The van der Waals surface area contributed by atoms with Crippen LogP contribution < -0.4 is 0 Å². The van der Waals surface area contributed by atoms with Crippen LogP contribution in [0.3, 0.4) is 0 Å². The predicted octanol–water partition coefficient (Wildman–Crippen LogP) is 16.5. The van der Waals surface area contributed by atoms with Gasteiger partial charge in [0.15, 0.2) is 22.9 Å². The van der Waals surface area contributed by atoms with Gasteiger partial charge in [-0.05, 0) is 106 Å². The maximum atomic E-state index is 10.3. The lowest BCUT2D eigenvalue weighted by molar-refractivity contribution is 1.17. The molecule has 0 spiro atoms. The molecule has 11 rings (SSSR count). The molecule has 0 unspecified atom stereocenters. The third-order valence-corrected chi connectivity index (χ3v) is 13.0. The minimum atomic E-state index is 0.348. The summed E-state index contributed by atoms with van der Waals surface area (Å²) in [5, 5.41) is 31.7. The van der Waals surface area contributed by atoms with Crippen LogP contribution in [0.5, 0.6) is 0 Å². The minimum Gasteiger partial charge on any atom is -0.308 e. The molecule has 0 bridgehead atoms. The first kappa shape index (κ1) is 44.3. The number of nitriles is 3. The van der Waals surface area contributed by atoms with Crippen LogP contribution in [0.1, 0.15) is 16.7 Å². The zero-order chi connectivity index (χ0) is 50.0. The average molecular weight is 928 g/mol. The van der Waals surface area contributed by atoms with Crippen molar-refractivity contribution in [2.24, 2.45) is 0 Å². The SMILES string of the molecule is [C-]#[N+]c1ccc(-c2cc(-c3cc(-c4ccccc4)nc(-c4ccccc4)n3)cc(-c3ccc(C#N)cc3)c2-n2c3ccc(-c4ccc([N+]#[C-])cc4C#N)cc3c3cc(-c4ccc(C#N)cc4[N+]#[C-])ccc32)cc1. The van der Waals surface area contributed by atoms with E-state index < -0.39 is 0 Å². The molecule has 9 nitrogen and oxygen atoms in total. The van der Waals surface area contributed by atoms with Crippen LogP contribution in [-0.4, -0.2) is 14.5 Å². The highest BCUT2D eigenvalue weighted by Gasteiger charge is 2.24. The summed E-state index contributed by atoms with van der Waals surface area (Å²) in [5.74, 6) is 0.560. The van der Waals surface area contributed by atoms with Crippen LogP contribution >= 0.6 is 0 Å². The Morgan fingerprint density at radius 2 is 0.904 bits per heavy atom. The fraction of sp³-hybridized carbons (Fsp3) is 0. The lowest BCUT2D eigenvalue weighted by atomic mass is 9.91. The fourth-order valence-corrected chi connectivity index (χ4v) is 9.45. The number of hydrogen-bond donors (Lipinski definition) is 0. The average Bonchev–Trinajstić information content (AvgIpc) is 3.79. The quantitative estimate of drug-likeness (QED) is 0.141. The summed E-state index contributed by atoms with van der Waals surface area (Å²) in [7, 11) is 0. The van der Waals surface area contributed by atoms with Gasteiger partial charge < -0.3 is 4.57 Å². The Morgan fingerprint density at radius 3 is 1.48 bits per heavy atom. The fourth-order valence-electron chi connectivity index (χ4n) is 9.45. The summed E-state index contributed by atoms with van der Waals surface area (Å²) < 4.78 is 2.24. The number of fused-ring (bicyclic) bond motifs is 3. The molecule has 0 aliphatic carbocycles. The molecule has 11 aromatic rings. The van der Waals surface area contributed by atoms with E-state index in [1.54, 1.807) is 24.3 Å². The van der Waals surface area contributed by atoms with Crippen molar-refractivity contribution in [3.05, 3.63) is 251 Å². The van der Waals surface area contributed by atoms with Gasteiger partial charge in [-0.2, -0.15) is 15.8 Å². The third kappa shape index (κ3) is 8.13. The third-order valence-electron chi connectivity index (χ3n) is 13.0. The Kier molecular flexibility index (Phi) is 11.4. The van der Waals surface area contributed by atoms with Crippen LogP contribution in [0.25, 0.3) is 120 Å². The maximum Gasteiger partial charge on any atom is 0.196 e. The van der Waals surface area contributed by atoms with E-state index in [1.807, 2.05) is 152 Å². The second-order valence-corrected chi connectivity index (χ2v) is 17.2. The molecule has 0 atom stereocenters. The number of nitrogens with zero attached hydrogens (tertiary/aromatic N) is 9. The van der Waals surface area contributed by atoms with Crippen LogP contribution in [0.15, 0.2) is 200 Å². The van der Waals surface area contributed by atoms with E-state index in [0.717, 1.165) is 83.3 Å². The second-order valence-electron chi connectivity index (χ2n) is 17.2. The monoisotopic (exact) mass is 927 g/mol. The van der Waals surface area contributed by atoms with Crippen LogP contribution in [0.4, 0.5) is 17.1 Å². The molecular weight excluding hydrogens is 895 g/mol. The van der Waals surface area contributed by atoms with Crippen molar-refractivity contribution in [2.75, 3.05) is 0 Å². The van der Waals surface area contributed by atoms with Crippen molar-refractivity contribution in [3.8, 4) is 102 Å². The Labute approximate surface area is 420 Å². The summed E-state index contributed by atoms with van der Waals surface area (Å²) in [4.78, 5) is 21.5. The van der Waals surface area contributed by atoms with Crippen molar-refractivity contribution in [2.45, 2.75) is 0 Å². The summed E-state index contributed by atoms with van der Waals surface area (Å²) in [6.45, 7) is 23.5. The van der Waals surface area contributed by atoms with Gasteiger partial charge in [0.2, 0.25) is 0 Å². The van der Waals surface area contributed by atoms with Crippen LogP contribution in [0, 0.1) is 53.7 Å². The van der Waals surface area contributed by atoms with E-state index in [4.69, 9.17) is 29.7 Å². The normalized spacial score (nSPS) is 10.7. The molecule has 334 valence electrons. The smallest absolute Gasteiger partial charge is 0.196 e. The molecule has 9 heteroatoms. The van der Waals surface area contributed by atoms with Gasteiger partial charge in [0, 0.05) is 49.7 Å². The highest BCUT2D eigenvalue weighted by molar-refractivity contribution is 6.13. The van der Waals surface area contributed by atoms with E-state index in [9.17, 15) is 15.8 Å².